The van der Waals surface area contributed by atoms with Crippen LogP contribution in [0.1, 0.15) is 5.69 Å². The minimum atomic E-state index is -2.87. The van der Waals surface area contributed by atoms with Gasteiger partial charge < -0.3 is 4.74 Å². The first kappa shape index (κ1) is 15.0. The summed E-state index contributed by atoms with van der Waals surface area (Å²) in [6.07, 6.45) is 0. The zero-order valence-corrected chi connectivity index (χ0v) is 13.7. The largest absolute Gasteiger partial charge is 0.435 e. The number of rotatable bonds is 4. The molecule has 0 unspecified atom stereocenters. The second-order valence-corrected chi connectivity index (χ2v) is 6.43. The molecule has 3 aromatic heterocycles. The summed E-state index contributed by atoms with van der Waals surface area (Å²) in [4.78, 5) is 1.38. The highest BCUT2D eigenvalue weighted by atomic mass is 32.1. The fraction of sp³-hybridized carbons (Fsp3) is 0.154. The van der Waals surface area contributed by atoms with Gasteiger partial charge in [0.25, 0.3) is 0 Å². The van der Waals surface area contributed by atoms with Crippen LogP contribution >= 0.6 is 22.9 Å². The summed E-state index contributed by atoms with van der Waals surface area (Å²) < 4.78 is 34.6. The minimum absolute atomic E-state index is 0.0798. The van der Waals surface area contributed by atoms with E-state index in [1.54, 1.807) is 16.6 Å². The highest BCUT2D eigenvalue weighted by molar-refractivity contribution is 7.19. The lowest BCUT2D eigenvalue weighted by molar-refractivity contribution is -0.0498. The number of alkyl halides is 2. The SMILES string of the molecule is Cc1nnsc1-c1nnc2sc(-c3cccc(OC(F)F)c3)nn12. The fourth-order valence-electron chi connectivity index (χ4n) is 2.12. The van der Waals surface area contributed by atoms with Gasteiger partial charge in [-0.15, -0.1) is 15.3 Å². The van der Waals surface area contributed by atoms with Crippen molar-refractivity contribution in [3.05, 3.63) is 30.0 Å². The second-order valence-electron chi connectivity index (χ2n) is 4.72. The number of ether oxygens (including phenoxy) is 1. The third kappa shape index (κ3) is 2.61. The molecule has 0 N–H and O–H groups in total. The maximum Gasteiger partial charge on any atom is 0.387 e. The van der Waals surface area contributed by atoms with Crippen LogP contribution in [0, 0.1) is 6.92 Å². The maximum absolute atomic E-state index is 12.4. The number of aryl methyl sites for hydroxylation is 1. The van der Waals surface area contributed by atoms with Crippen molar-refractivity contribution in [3.8, 4) is 27.0 Å². The van der Waals surface area contributed by atoms with E-state index >= 15 is 0 Å². The molecule has 0 amide bonds. The van der Waals surface area contributed by atoms with E-state index in [9.17, 15) is 8.78 Å². The third-order valence-corrected chi connectivity index (χ3v) is 4.92. The van der Waals surface area contributed by atoms with Crippen LogP contribution in [0.5, 0.6) is 5.75 Å². The van der Waals surface area contributed by atoms with Crippen molar-refractivity contribution in [1.82, 2.24) is 29.4 Å². The Morgan fingerprint density at radius 1 is 1.21 bits per heavy atom. The van der Waals surface area contributed by atoms with Gasteiger partial charge in [-0.25, -0.2) is 0 Å². The number of halogens is 2. The van der Waals surface area contributed by atoms with Crippen molar-refractivity contribution >= 4 is 27.8 Å². The summed E-state index contributed by atoms with van der Waals surface area (Å²) in [5, 5.41) is 17.3. The summed E-state index contributed by atoms with van der Waals surface area (Å²) in [7, 11) is 0. The molecular formula is C13H8F2N6OS2. The molecule has 11 heteroatoms. The lowest BCUT2D eigenvalue weighted by atomic mass is 10.2. The molecule has 24 heavy (non-hydrogen) atoms. The predicted octanol–water partition coefficient (Wildman–Crippen LogP) is 3.28. The zero-order valence-electron chi connectivity index (χ0n) is 12.1. The summed E-state index contributed by atoms with van der Waals surface area (Å²) in [6, 6.07) is 6.38. The molecule has 0 saturated heterocycles. The lowest BCUT2D eigenvalue weighted by Crippen LogP contribution is -2.01. The maximum atomic E-state index is 12.4. The molecule has 3 heterocycles. The number of hydrogen-bond acceptors (Lipinski definition) is 8. The highest BCUT2D eigenvalue weighted by Gasteiger charge is 2.18. The van der Waals surface area contributed by atoms with Crippen molar-refractivity contribution in [2.24, 2.45) is 0 Å². The molecule has 0 aliphatic rings. The van der Waals surface area contributed by atoms with Gasteiger partial charge in [0, 0.05) is 5.56 Å². The normalized spacial score (nSPS) is 11.5. The first-order valence-corrected chi connectivity index (χ1v) is 8.27. The molecule has 0 saturated carbocycles. The number of hydrogen-bond donors (Lipinski definition) is 0. The van der Waals surface area contributed by atoms with E-state index in [0.717, 1.165) is 10.6 Å². The molecule has 122 valence electrons. The van der Waals surface area contributed by atoms with E-state index in [2.05, 4.69) is 29.6 Å². The summed E-state index contributed by atoms with van der Waals surface area (Å²) in [5.41, 5.74) is 1.41. The molecule has 0 aliphatic carbocycles. The van der Waals surface area contributed by atoms with Crippen LogP contribution in [-0.2, 0) is 0 Å². The van der Waals surface area contributed by atoms with E-state index in [4.69, 9.17) is 0 Å². The smallest absolute Gasteiger partial charge is 0.387 e. The quantitative estimate of drug-likeness (QED) is 0.552. The molecule has 4 aromatic rings. The van der Waals surface area contributed by atoms with Crippen LogP contribution in [0.2, 0.25) is 0 Å². The highest BCUT2D eigenvalue weighted by Crippen LogP contribution is 2.31. The number of aromatic nitrogens is 6. The first-order chi connectivity index (χ1) is 11.6. The van der Waals surface area contributed by atoms with Crippen LogP contribution in [0.25, 0.3) is 26.2 Å². The number of benzene rings is 1. The van der Waals surface area contributed by atoms with Gasteiger partial charge in [0.05, 0.1) is 5.69 Å². The standard InChI is InChI=1S/C13H8F2N6OS2/c1-6-9(24-20-16-6)10-17-18-13-21(10)19-11(23-13)7-3-2-4-8(5-7)22-12(14)15/h2-5,12H,1H3. The minimum Gasteiger partial charge on any atom is -0.435 e. The van der Waals surface area contributed by atoms with Crippen LogP contribution in [0.4, 0.5) is 8.78 Å². The molecular weight excluding hydrogens is 358 g/mol. The average Bonchev–Trinajstić information content (AvgIpc) is 3.22. The molecule has 0 bridgehead atoms. The van der Waals surface area contributed by atoms with Gasteiger partial charge >= 0.3 is 6.61 Å². The summed E-state index contributed by atoms with van der Waals surface area (Å²) in [6.45, 7) is -1.04. The van der Waals surface area contributed by atoms with Crippen LogP contribution in [0.15, 0.2) is 24.3 Å². The van der Waals surface area contributed by atoms with Gasteiger partial charge in [0.1, 0.15) is 15.6 Å². The Balaban J connectivity index is 1.77. The van der Waals surface area contributed by atoms with E-state index < -0.39 is 6.61 Å². The van der Waals surface area contributed by atoms with Gasteiger partial charge in [0.15, 0.2) is 5.82 Å². The van der Waals surface area contributed by atoms with E-state index in [1.807, 2.05) is 6.92 Å². The predicted molar refractivity (Wildman–Crippen MR) is 84.4 cm³/mol. The molecule has 1 aromatic carbocycles. The fourth-order valence-corrected chi connectivity index (χ4v) is 3.58. The Kier molecular flexibility index (Phi) is 3.65. The van der Waals surface area contributed by atoms with Crippen molar-refractivity contribution in [3.63, 3.8) is 0 Å². The van der Waals surface area contributed by atoms with Gasteiger partial charge in [-0.05, 0) is 30.6 Å². The molecule has 0 radical (unpaired) electrons. The third-order valence-electron chi connectivity index (χ3n) is 3.15. The van der Waals surface area contributed by atoms with E-state index in [0.29, 0.717) is 21.4 Å². The van der Waals surface area contributed by atoms with E-state index in [-0.39, 0.29) is 5.75 Å². The average molecular weight is 366 g/mol. The lowest BCUT2D eigenvalue weighted by Gasteiger charge is -2.04. The zero-order chi connectivity index (χ0) is 16.7. The molecule has 0 fully saturated rings. The Labute approximate surface area is 141 Å². The van der Waals surface area contributed by atoms with Crippen molar-refractivity contribution in [2.75, 3.05) is 0 Å². The first-order valence-electron chi connectivity index (χ1n) is 6.68. The van der Waals surface area contributed by atoms with Crippen molar-refractivity contribution < 1.29 is 13.5 Å². The molecule has 0 aliphatic heterocycles. The Bertz CT molecular complexity index is 1010. The molecule has 0 atom stereocenters. The Hall–Kier alpha value is -2.53. The monoisotopic (exact) mass is 366 g/mol. The topological polar surface area (TPSA) is 78.1 Å². The molecule has 0 spiro atoms. The van der Waals surface area contributed by atoms with Gasteiger partial charge in [0.2, 0.25) is 4.96 Å². The van der Waals surface area contributed by atoms with Crippen LogP contribution in [-0.4, -0.2) is 36.0 Å². The van der Waals surface area contributed by atoms with Crippen LogP contribution in [0.3, 0.4) is 0 Å². The summed E-state index contributed by atoms with van der Waals surface area (Å²) in [5.74, 6) is 0.635. The number of nitrogens with zero attached hydrogens (tertiary/aromatic N) is 6. The van der Waals surface area contributed by atoms with Crippen LogP contribution < -0.4 is 4.74 Å². The van der Waals surface area contributed by atoms with Crippen molar-refractivity contribution in [1.29, 1.82) is 0 Å². The van der Waals surface area contributed by atoms with E-state index in [1.165, 1.54) is 35.0 Å². The molecule has 7 nitrogen and oxygen atoms in total. The summed E-state index contributed by atoms with van der Waals surface area (Å²) >= 11 is 2.51. The second kappa shape index (κ2) is 5.83. The Morgan fingerprint density at radius 2 is 2.08 bits per heavy atom. The van der Waals surface area contributed by atoms with Crippen molar-refractivity contribution in [2.45, 2.75) is 13.5 Å². The number of fused-ring (bicyclic) bond motifs is 1. The van der Waals surface area contributed by atoms with Gasteiger partial charge in [-0.2, -0.15) is 18.4 Å². The van der Waals surface area contributed by atoms with Gasteiger partial charge in [-0.3, -0.25) is 0 Å². The molecule has 4 rings (SSSR count). The Morgan fingerprint density at radius 3 is 2.83 bits per heavy atom. The van der Waals surface area contributed by atoms with Gasteiger partial charge in [-0.1, -0.05) is 28.0 Å².